The molecule has 0 aliphatic rings. The summed E-state index contributed by atoms with van der Waals surface area (Å²) in [5.41, 5.74) is 0. The summed E-state index contributed by atoms with van der Waals surface area (Å²) in [5.74, 6) is 0.722. The maximum atomic E-state index is 6.02. The maximum Gasteiger partial charge on any atom is 0.159 e. The van der Waals surface area contributed by atoms with E-state index in [-0.39, 0.29) is 0 Å². The van der Waals surface area contributed by atoms with E-state index in [1.807, 2.05) is 30.5 Å². The van der Waals surface area contributed by atoms with E-state index in [0.717, 1.165) is 16.6 Å². The van der Waals surface area contributed by atoms with Crippen molar-refractivity contribution in [3.63, 3.8) is 0 Å². The van der Waals surface area contributed by atoms with Gasteiger partial charge in [-0.05, 0) is 0 Å². The van der Waals surface area contributed by atoms with Crippen LogP contribution in [0.3, 0.4) is 0 Å². The Balaban J connectivity index is 1.79. The van der Waals surface area contributed by atoms with Crippen LogP contribution in [-0.4, -0.2) is 31.7 Å². The Morgan fingerprint density at radius 2 is 2.00 bits per heavy atom. The molecule has 0 saturated carbocycles. The normalized spacial score (nSPS) is 10.8. The number of aromatic nitrogens is 5. The van der Waals surface area contributed by atoms with Crippen molar-refractivity contribution in [2.75, 3.05) is 11.9 Å². The molecule has 3 aromatic rings. The van der Waals surface area contributed by atoms with Gasteiger partial charge in [0.15, 0.2) is 11.0 Å². The van der Waals surface area contributed by atoms with Crippen molar-refractivity contribution < 1.29 is 0 Å². The van der Waals surface area contributed by atoms with Crippen molar-refractivity contribution in [1.82, 2.24) is 25.2 Å². The second-order valence-electron chi connectivity index (χ2n) is 3.98. The van der Waals surface area contributed by atoms with Gasteiger partial charge in [-0.25, -0.2) is 0 Å². The molecule has 2 aromatic heterocycles. The summed E-state index contributed by atoms with van der Waals surface area (Å²) < 4.78 is 1.75. The molecule has 0 radical (unpaired) electrons. The van der Waals surface area contributed by atoms with Crippen LogP contribution in [0.5, 0.6) is 0 Å². The average molecular weight is 275 g/mol. The van der Waals surface area contributed by atoms with Crippen LogP contribution in [0.4, 0.5) is 5.82 Å². The molecule has 0 aliphatic heterocycles. The van der Waals surface area contributed by atoms with Gasteiger partial charge in [-0.15, -0.1) is 15.3 Å². The first-order valence-electron chi connectivity index (χ1n) is 5.83. The fraction of sp³-hybridized carbons (Fsp3) is 0.167. The number of rotatable bonds is 4. The van der Waals surface area contributed by atoms with Gasteiger partial charge < -0.3 is 5.32 Å². The van der Waals surface area contributed by atoms with Gasteiger partial charge in [-0.1, -0.05) is 41.1 Å². The number of nitrogens with zero attached hydrogens (tertiary/aromatic N) is 5. The van der Waals surface area contributed by atoms with Crippen LogP contribution in [0.25, 0.3) is 10.8 Å². The SMILES string of the molecule is Clc1nnc(NCCn2ccnn2)c2ccccc12. The first-order chi connectivity index (χ1) is 9.34. The molecular formula is C12H11ClN6. The summed E-state index contributed by atoms with van der Waals surface area (Å²) in [6.07, 6.45) is 3.46. The lowest BCUT2D eigenvalue weighted by atomic mass is 10.2. The van der Waals surface area contributed by atoms with E-state index < -0.39 is 0 Å². The van der Waals surface area contributed by atoms with E-state index in [0.29, 0.717) is 18.2 Å². The molecule has 96 valence electrons. The van der Waals surface area contributed by atoms with Gasteiger partial charge in [0.05, 0.1) is 12.7 Å². The third-order valence-electron chi connectivity index (χ3n) is 2.75. The van der Waals surface area contributed by atoms with E-state index in [1.54, 1.807) is 10.9 Å². The van der Waals surface area contributed by atoms with Gasteiger partial charge in [-0.2, -0.15) is 0 Å². The van der Waals surface area contributed by atoms with Gasteiger partial charge >= 0.3 is 0 Å². The van der Waals surface area contributed by atoms with Gasteiger partial charge in [0, 0.05) is 23.5 Å². The van der Waals surface area contributed by atoms with Crippen LogP contribution in [0.1, 0.15) is 0 Å². The number of hydrogen-bond donors (Lipinski definition) is 1. The number of fused-ring (bicyclic) bond motifs is 1. The molecule has 0 spiro atoms. The predicted octanol–water partition coefficient (Wildman–Crippen LogP) is 1.99. The smallest absolute Gasteiger partial charge is 0.159 e. The number of nitrogens with one attached hydrogen (secondary N) is 1. The molecule has 1 aromatic carbocycles. The van der Waals surface area contributed by atoms with Crippen LogP contribution in [0.2, 0.25) is 5.15 Å². The number of hydrogen-bond acceptors (Lipinski definition) is 5. The molecule has 0 bridgehead atoms. The van der Waals surface area contributed by atoms with E-state index in [9.17, 15) is 0 Å². The average Bonchev–Trinajstić information content (AvgIpc) is 2.95. The third-order valence-corrected chi connectivity index (χ3v) is 3.03. The summed E-state index contributed by atoms with van der Waals surface area (Å²) in [7, 11) is 0. The van der Waals surface area contributed by atoms with Crippen LogP contribution in [-0.2, 0) is 6.54 Å². The minimum atomic E-state index is 0.414. The van der Waals surface area contributed by atoms with Crippen molar-refractivity contribution in [3.05, 3.63) is 41.8 Å². The number of halogens is 1. The highest BCUT2D eigenvalue weighted by Gasteiger charge is 2.06. The lowest BCUT2D eigenvalue weighted by Crippen LogP contribution is -2.12. The van der Waals surface area contributed by atoms with Crippen LogP contribution in [0, 0.1) is 0 Å². The van der Waals surface area contributed by atoms with E-state index in [4.69, 9.17) is 11.6 Å². The van der Waals surface area contributed by atoms with Crippen molar-refractivity contribution >= 4 is 28.2 Å². The highest BCUT2D eigenvalue weighted by Crippen LogP contribution is 2.25. The van der Waals surface area contributed by atoms with Gasteiger partial charge in [0.1, 0.15) is 0 Å². The molecule has 1 N–H and O–H groups in total. The van der Waals surface area contributed by atoms with Crippen molar-refractivity contribution in [2.45, 2.75) is 6.54 Å². The Bertz CT molecular complexity index is 682. The van der Waals surface area contributed by atoms with Gasteiger partial charge in [-0.3, -0.25) is 4.68 Å². The molecule has 2 heterocycles. The monoisotopic (exact) mass is 274 g/mol. The summed E-state index contributed by atoms with van der Waals surface area (Å²) in [6, 6.07) is 7.76. The Morgan fingerprint density at radius 1 is 1.16 bits per heavy atom. The molecule has 19 heavy (non-hydrogen) atoms. The van der Waals surface area contributed by atoms with Crippen LogP contribution in [0.15, 0.2) is 36.7 Å². The topological polar surface area (TPSA) is 68.5 Å². The Kier molecular flexibility index (Phi) is 3.24. The fourth-order valence-corrected chi connectivity index (χ4v) is 2.05. The molecule has 3 rings (SSSR count). The predicted molar refractivity (Wildman–Crippen MR) is 73.1 cm³/mol. The summed E-state index contributed by atoms with van der Waals surface area (Å²) in [6.45, 7) is 1.39. The quantitative estimate of drug-likeness (QED) is 0.788. The van der Waals surface area contributed by atoms with Crippen LogP contribution < -0.4 is 5.32 Å². The lowest BCUT2D eigenvalue weighted by molar-refractivity contribution is 0.608. The molecule has 0 saturated heterocycles. The largest absolute Gasteiger partial charge is 0.366 e. The number of benzene rings is 1. The lowest BCUT2D eigenvalue weighted by Gasteiger charge is -2.08. The molecule has 6 nitrogen and oxygen atoms in total. The van der Waals surface area contributed by atoms with Crippen molar-refractivity contribution in [1.29, 1.82) is 0 Å². The van der Waals surface area contributed by atoms with Gasteiger partial charge in [0.25, 0.3) is 0 Å². The van der Waals surface area contributed by atoms with E-state index in [1.165, 1.54) is 0 Å². The summed E-state index contributed by atoms with van der Waals surface area (Å²) in [4.78, 5) is 0. The molecular weight excluding hydrogens is 264 g/mol. The molecule has 7 heteroatoms. The minimum Gasteiger partial charge on any atom is -0.366 e. The van der Waals surface area contributed by atoms with Crippen molar-refractivity contribution in [3.8, 4) is 0 Å². The van der Waals surface area contributed by atoms with Crippen LogP contribution >= 0.6 is 11.6 Å². The zero-order chi connectivity index (χ0) is 13.1. The molecule has 0 amide bonds. The maximum absolute atomic E-state index is 6.02. The molecule has 0 fully saturated rings. The minimum absolute atomic E-state index is 0.414. The molecule has 0 unspecified atom stereocenters. The van der Waals surface area contributed by atoms with E-state index in [2.05, 4.69) is 25.8 Å². The third kappa shape index (κ3) is 2.48. The second kappa shape index (κ2) is 5.19. The first kappa shape index (κ1) is 11.9. The Labute approximate surface area is 114 Å². The zero-order valence-electron chi connectivity index (χ0n) is 9.99. The summed E-state index contributed by atoms with van der Waals surface area (Å²) >= 11 is 6.02. The highest BCUT2D eigenvalue weighted by molar-refractivity contribution is 6.34. The molecule has 0 aliphatic carbocycles. The Hall–Kier alpha value is -2.21. The van der Waals surface area contributed by atoms with Crippen molar-refractivity contribution in [2.24, 2.45) is 0 Å². The second-order valence-corrected chi connectivity index (χ2v) is 4.34. The molecule has 0 atom stereocenters. The number of anilines is 1. The fourth-order valence-electron chi connectivity index (χ4n) is 1.84. The first-order valence-corrected chi connectivity index (χ1v) is 6.21. The summed E-state index contributed by atoms with van der Waals surface area (Å²) in [5, 5.41) is 21.2. The Morgan fingerprint density at radius 3 is 2.79 bits per heavy atom. The zero-order valence-corrected chi connectivity index (χ0v) is 10.7. The standard InChI is InChI=1S/C12H11ClN6/c13-11-9-3-1-2-4-10(9)12(17-16-11)14-5-7-19-8-6-15-18-19/h1-4,6,8H,5,7H2,(H,14,17). The van der Waals surface area contributed by atoms with E-state index >= 15 is 0 Å². The highest BCUT2D eigenvalue weighted by atomic mass is 35.5. The van der Waals surface area contributed by atoms with Gasteiger partial charge in [0.2, 0.25) is 0 Å².